The third kappa shape index (κ3) is 4.08. The van der Waals surface area contributed by atoms with Crippen molar-refractivity contribution in [2.45, 2.75) is 33.2 Å². The lowest BCUT2D eigenvalue weighted by Crippen LogP contribution is -2.07. The SMILES string of the molecule is CCCc1nc(Cl)c(C)c(NCc2ccc(OC)cc2)n1. The number of hydrogen-bond donors (Lipinski definition) is 1. The molecule has 0 bridgehead atoms. The van der Waals surface area contributed by atoms with E-state index in [-0.39, 0.29) is 0 Å². The molecule has 0 amide bonds. The van der Waals surface area contributed by atoms with Crippen LogP contribution in [0.1, 0.15) is 30.3 Å². The Bertz CT molecular complexity index is 599. The van der Waals surface area contributed by atoms with E-state index in [2.05, 4.69) is 22.2 Å². The molecule has 2 rings (SSSR count). The van der Waals surface area contributed by atoms with E-state index in [1.807, 2.05) is 31.2 Å². The number of rotatable bonds is 6. The largest absolute Gasteiger partial charge is 0.497 e. The molecule has 0 saturated heterocycles. The molecule has 0 aliphatic carbocycles. The van der Waals surface area contributed by atoms with Crippen molar-refractivity contribution in [2.24, 2.45) is 0 Å². The van der Waals surface area contributed by atoms with Crippen LogP contribution in [0.2, 0.25) is 5.15 Å². The summed E-state index contributed by atoms with van der Waals surface area (Å²) in [7, 11) is 1.66. The molecule has 0 atom stereocenters. The van der Waals surface area contributed by atoms with E-state index < -0.39 is 0 Å². The lowest BCUT2D eigenvalue weighted by Gasteiger charge is -2.11. The van der Waals surface area contributed by atoms with Gasteiger partial charge in [0.1, 0.15) is 22.5 Å². The van der Waals surface area contributed by atoms with Crippen LogP contribution in [0, 0.1) is 6.92 Å². The topological polar surface area (TPSA) is 47.0 Å². The number of ether oxygens (including phenoxy) is 1. The number of anilines is 1. The molecular formula is C16H20ClN3O. The Labute approximate surface area is 130 Å². The third-order valence-corrected chi connectivity index (χ3v) is 3.59. The average molecular weight is 306 g/mol. The number of hydrogen-bond acceptors (Lipinski definition) is 4. The summed E-state index contributed by atoms with van der Waals surface area (Å²) in [5.41, 5.74) is 2.03. The van der Waals surface area contributed by atoms with Crippen LogP contribution in [0.4, 0.5) is 5.82 Å². The van der Waals surface area contributed by atoms with Crippen molar-refractivity contribution >= 4 is 17.4 Å². The second kappa shape index (κ2) is 7.27. The van der Waals surface area contributed by atoms with Gasteiger partial charge in [0.15, 0.2) is 0 Å². The van der Waals surface area contributed by atoms with Crippen LogP contribution in [-0.4, -0.2) is 17.1 Å². The fourth-order valence-electron chi connectivity index (χ4n) is 1.97. The van der Waals surface area contributed by atoms with E-state index in [9.17, 15) is 0 Å². The summed E-state index contributed by atoms with van der Waals surface area (Å²) in [6.07, 6.45) is 1.83. The third-order valence-electron chi connectivity index (χ3n) is 3.23. The van der Waals surface area contributed by atoms with E-state index in [4.69, 9.17) is 16.3 Å². The summed E-state index contributed by atoms with van der Waals surface area (Å²) in [4.78, 5) is 8.84. The van der Waals surface area contributed by atoms with Crippen molar-refractivity contribution in [3.8, 4) is 5.75 Å². The first-order valence-corrected chi connectivity index (χ1v) is 7.41. The van der Waals surface area contributed by atoms with Crippen LogP contribution < -0.4 is 10.1 Å². The standard InChI is InChI=1S/C16H20ClN3O/c1-4-5-14-19-15(17)11(2)16(20-14)18-10-12-6-8-13(21-3)9-7-12/h6-9H,4-5,10H2,1-3H3,(H,18,19,20). The minimum atomic E-state index is 0.519. The highest BCUT2D eigenvalue weighted by atomic mass is 35.5. The van der Waals surface area contributed by atoms with E-state index in [1.54, 1.807) is 7.11 Å². The molecule has 0 spiro atoms. The molecule has 0 radical (unpaired) electrons. The first-order chi connectivity index (χ1) is 10.1. The van der Waals surface area contributed by atoms with Gasteiger partial charge in [-0.05, 0) is 31.0 Å². The Balaban J connectivity index is 2.11. The molecule has 5 heteroatoms. The number of aromatic nitrogens is 2. The number of aryl methyl sites for hydroxylation is 1. The number of methoxy groups -OCH3 is 1. The quantitative estimate of drug-likeness (QED) is 0.819. The molecule has 0 saturated carbocycles. The van der Waals surface area contributed by atoms with Gasteiger partial charge in [-0.1, -0.05) is 30.7 Å². The zero-order valence-electron chi connectivity index (χ0n) is 12.6. The molecule has 1 aromatic heterocycles. The van der Waals surface area contributed by atoms with Crippen LogP contribution in [0.5, 0.6) is 5.75 Å². The normalized spacial score (nSPS) is 10.5. The van der Waals surface area contributed by atoms with Gasteiger partial charge in [0.25, 0.3) is 0 Å². The summed E-state index contributed by atoms with van der Waals surface area (Å²) in [5, 5.41) is 3.85. The zero-order valence-corrected chi connectivity index (χ0v) is 13.4. The van der Waals surface area contributed by atoms with Crippen molar-refractivity contribution in [2.75, 3.05) is 12.4 Å². The monoisotopic (exact) mass is 305 g/mol. The average Bonchev–Trinajstić information content (AvgIpc) is 2.50. The molecule has 0 aliphatic rings. The van der Waals surface area contributed by atoms with E-state index in [1.165, 1.54) is 0 Å². The Morgan fingerprint density at radius 2 is 1.90 bits per heavy atom. The molecule has 4 nitrogen and oxygen atoms in total. The molecule has 0 fully saturated rings. The highest BCUT2D eigenvalue weighted by Crippen LogP contribution is 2.21. The number of benzene rings is 1. The van der Waals surface area contributed by atoms with Crippen LogP contribution >= 0.6 is 11.6 Å². The van der Waals surface area contributed by atoms with Crippen LogP contribution in [0.3, 0.4) is 0 Å². The summed E-state index contributed by atoms with van der Waals surface area (Å²) >= 11 is 6.17. The van der Waals surface area contributed by atoms with Gasteiger partial charge < -0.3 is 10.1 Å². The molecule has 0 unspecified atom stereocenters. The molecule has 112 valence electrons. The van der Waals surface area contributed by atoms with Gasteiger partial charge in [-0.15, -0.1) is 0 Å². The first kappa shape index (κ1) is 15.6. The summed E-state index contributed by atoms with van der Waals surface area (Å²) in [5.74, 6) is 2.44. The Kier molecular flexibility index (Phi) is 5.39. The Morgan fingerprint density at radius 3 is 2.52 bits per heavy atom. The number of nitrogens with zero attached hydrogens (tertiary/aromatic N) is 2. The van der Waals surface area contributed by atoms with Gasteiger partial charge >= 0.3 is 0 Å². The van der Waals surface area contributed by atoms with Gasteiger partial charge in [-0.3, -0.25) is 0 Å². The number of halogens is 1. The lowest BCUT2D eigenvalue weighted by molar-refractivity contribution is 0.414. The van der Waals surface area contributed by atoms with Crippen LogP contribution in [0.15, 0.2) is 24.3 Å². The minimum absolute atomic E-state index is 0.519. The first-order valence-electron chi connectivity index (χ1n) is 7.03. The van der Waals surface area contributed by atoms with Crippen molar-refractivity contribution in [3.05, 3.63) is 46.4 Å². The van der Waals surface area contributed by atoms with Crippen molar-refractivity contribution < 1.29 is 4.74 Å². The maximum absolute atomic E-state index is 6.17. The summed E-state index contributed by atoms with van der Waals surface area (Å²) < 4.78 is 5.15. The maximum atomic E-state index is 6.17. The Hall–Kier alpha value is -1.81. The van der Waals surface area contributed by atoms with Gasteiger partial charge in [0, 0.05) is 18.5 Å². The van der Waals surface area contributed by atoms with Crippen molar-refractivity contribution in [1.82, 2.24) is 9.97 Å². The van der Waals surface area contributed by atoms with Gasteiger partial charge in [-0.25, -0.2) is 9.97 Å². The van der Waals surface area contributed by atoms with Crippen molar-refractivity contribution in [3.63, 3.8) is 0 Å². The molecule has 1 aromatic carbocycles. The molecule has 21 heavy (non-hydrogen) atoms. The summed E-state index contributed by atoms with van der Waals surface area (Å²) in [6.45, 7) is 4.71. The maximum Gasteiger partial charge on any atom is 0.137 e. The predicted molar refractivity (Wildman–Crippen MR) is 86.1 cm³/mol. The molecule has 1 heterocycles. The van der Waals surface area contributed by atoms with E-state index in [0.717, 1.165) is 41.4 Å². The predicted octanol–water partition coefficient (Wildman–Crippen LogP) is 4.01. The van der Waals surface area contributed by atoms with E-state index in [0.29, 0.717) is 11.7 Å². The number of nitrogens with one attached hydrogen (secondary N) is 1. The fourth-order valence-corrected chi connectivity index (χ4v) is 2.16. The van der Waals surface area contributed by atoms with Crippen LogP contribution in [-0.2, 0) is 13.0 Å². The highest BCUT2D eigenvalue weighted by molar-refractivity contribution is 6.30. The molecule has 2 aromatic rings. The lowest BCUT2D eigenvalue weighted by atomic mass is 10.2. The van der Waals surface area contributed by atoms with Crippen LogP contribution in [0.25, 0.3) is 0 Å². The molecular weight excluding hydrogens is 286 g/mol. The minimum Gasteiger partial charge on any atom is -0.497 e. The summed E-state index contributed by atoms with van der Waals surface area (Å²) in [6, 6.07) is 7.94. The van der Waals surface area contributed by atoms with E-state index >= 15 is 0 Å². The van der Waals surface area contributed by atoms with Crippen molar-refractivity contribution in [1.29, 1.82) is 0 Å². The van der Waals surface area contributed by atoms with Gasteiger partial charge in [0.2, 0.25) is 0 Å². The smallest absolute Gasteiger partial charge is 0.137 e. The van der Waals surface area contributed by atoms with Gasteiger partial charge in [-0.2, -0.15) is 0 Å². The molecule has 1 N–H and O–H groups in total. The highest BCUT2D eigenvalue weighted by Gasteiger charge is 2.08. The second-order valence-electron chi connectivity index (χ2n) is 4.86. The zero-order chi connectivity index (χ0) is 15.2. The fraction of sp³-hybridized carbons (Fsp3) is 0.375. The second-order valence-corrected chi connectivity index (χ2v) is 5.21. The van der Waals surface area contributed by atoms with Gasteiger partial charge in [0.05, 0.1) is 7.11 Å². The Morgan fingerprint density at radius 1 is 1.19 bits per heavy atom. The molecule has 0 aliphatic heterocycles.